The summed E-state index contributed by atoms with van der Waals surface area (Å²) in [5.74, 6) is 0. The number of fused-ring (bicyclic) bond motifs is 1. The third kappa shape index (κ3) is 2.61. The fourth-order valence-corrected chi connectivity index (χ4v) is 2.09. The van der Waals surface area contributed by atoms with E-state index in [-0.39, 0.29) is 12.6 Å². The first-order valence-corrected chi connectivity index (χ1v) is 5.47. The Hall–Kier alpha value is -1.07. The molecule has 0 saturated carbocycles. The number of hydrogen-bond donors (Lipinski definition) is 1. The number of nitrogens with one attached hydrogen (secondary N) is 1. The van der Waals surface area contributed by atoms with Crippen LogP contribution in [0.4, 0.5) is 13.2 Å². The lowest BCUT2D eigenvalue weighted by Gasteiger charge is -2.17. The van der Waals surface area contributed by atoms with E-state index in [0.717, 1.165) is 18.1 Å². The minimum absolute atomic E-state index is 0.0646. The first-order valence-electron chi connectivity index (χ1n) is 5.47. The van der Waals surface area contributed by atoms with Gasteiger partial charge in [-0.15, -0.1) is 0 Å². The molecule has 0 radical (unpaired) electrons. The van der Waals surface area contributed by atoms with Crippen molar-refractivity contribution in [1.82, 2.24) is 5.32 Å². The Bertz CT molecular complexity index is 403. The van der Waals surface area contributed by atoms with Gasteiger partial charge in [0.25, 0.3) is 0 Å². The summed E-state index contributed by atoms with van der Waals surface area (Å²) in [6, 6.07) is 3.93. The van der Waals surface area contributed by atoms with E-state index in [1.165, 1.54) is 6.07 Å². The van der Waals surface area contributed by atoms with Gasteiger partial charge in [-0.2, -0.15) is 13.2 Å². The number of halogens is 3. The first kappa shape index (κ1) is 12.4. The van der Waals surface area contributed by atoms with Gasteiger partial charge in [0.1, 0.15) is 0 Å². The average Bonchev–Trinajstić information content (AvgIpc) is 2.48. The van der Waals surface area contributed by atoms with E-state index in [0.29, 0.717) is 12.2 Å². The van der Waals surface area contributed by atoms with Crippen LogP contribution in [0.3, 0.4) is 0 Å². The molecular formula is C12H14F3NO. The molecule has 2 nitrogen and oxygen atoms in total. The van der Waals surface area contributed by atoms with Crippen LogP contribution < -0.4 is 5.32 Å². The van der Waals surface area contributed by atoms with Crippen molar-refractivity contribution in [2.75, 3.05) is 13.7 Å². The molecule has 1 heterocycles. The van der Waals surface area contributed by atoms with Crippen molar-refractivity contribution in [3.05, 3.63) is 34.9 Å². The summed E-state index contributed by atoms with van der Waals surface area (Å²) in [5, 5.41) is 3.10. The SMILES string of the molecule is CNC1CCOCc2cc(C(F)(F)F)ccc21. The van der Waals surface area contributed by atoms with Crippen molar-refractivity contribution in [1.29, 1.82) is 0 Å². The molecule has 0 bridgehead atoms. The predicted molar refractivity (Wildman–Crippen MR) is 57.5 cm³/mol. The fraction of sp³-hybridized carbons (Fsp3) is 0.500. The highest BCUT2D eigenvalue weighted by atomic mass is 19.4. The molecule has 1 aliphatic heterocycles. The smallest absolute Gasteiger partial charge is 0.377 e. The van der Waals surface area contributed by atoms with E-state index in [9.17, 15) is 13.2 Å². The third-order valence-corrected chi connectivity index (χ3v) is 3.00. The molecule has 0 aromatic heterocycles. The Morgan fingerprint density at radius 2 is 2.12 bits per heavy atom. The van der Waals surface area contributed by atoms with E-state index >= 15 is 0 Å². The highest BCUT2D eigenvalue weighted by Gasteiger charge is 2.31. The van der Waals surface area contributed by atoms with Gasteiger partial charge in [0, 0.05) is 12.6 Å². The number of hydrogen-bond acceptors (Lipinski definition) is 2. The molecule has 0 spiro atoms. The molecule has 1 atom stereocenters. The highest BCUT2D eigenvalue weighted by Crippen LogP contribution is 2.33. The van der Waals surface area contributed by atoms with Gasteiger partial charge in [0.15, 0.2) is 0 Å². The number of ether oxygens (including phenoxy) is 1. The van der Waals surface area contributed by atoms with Gasteiger partial charge in [-0.3, -0.25) is 0 Å². The summed E-state index contributed by atoms with van der Waals surface area (Å²) in [6.45, 7) is 0.805. The molecule has 1 aromatic rings. The van der Waals surface area contributed by atoms with Gasteiger partial charge in [0.05, 0.1) is 12.2 Å². The van der Waals surface area contributed by atoms with E-state index in [1.807, 2.05) is 0 Å². The maximum Gasteiger partial charge on any atom is 0.416 e. The molecule has 1 aliphatic rings. The number of alkyl halides is 3. The van der Waals surface area contributed by atoms with Crippen molar-refractivity contribution < 1.29 is 17.9 Å². The summed E-state index contributed by atoms with van der Waals surface area (Å²) in [4.78, 5) is 0. The largest absolute Gasteiger partial charge is 0.416 e. The van der Waals surface area contributed by atoms with E-state index in [1.54, 1.807) is 13.1 Å². The molecule has 1 N–H and O–H groups in total. The molecule has 0 aliphatic carbocycles. The summed E-state index contributed by atoms with van der Waals surface area (Å²) >= 11 is 0. The van der Waals surface area contributed by atoms with Crippen LogP contribution in [0, 0.1) is 0 Å². The second-order valence-electron chi connectivity index (χ2n) is 4.09. The minimum atomic E-state index is -4.30. The van der Waals surface area contributed by atoms with Gasteiger partial charge in [-0.25, -0.2) is 0 Å². The van der Waals surface area contributed by atoms with E-state index < -0.39 is 11.7 Å². The van der Waals surface area contributed by atoms with Gasteiger partial charge < -0.3 is 10.1 Å². The van der Waals surface area contributed by atoms with Gasteiger partial charge in [-0.1, -0.05) is 6.07 Å². The topological polar surface area (TPSA) is 21.3 Å². The zero-order chi connectivity index (χ0) is 12.5. The van der Waals surface area contributed by atoms with Crippen LogP contribution >= 0.6 is 0 Å². The lowest BCUT2D eigenvalue weighted by atomic mass is 9.97. The van der Waals surface area contributed by atoms with Crippen molar-refractivity contribution in [2.45, 2.75) is 25.2 Å². The predicted octanol–water partition coefficient (Wildman–Crippen LogP) is 2.89. The molecule has 17 heavy (non-hydrogen) atoms. The Labute approximate surface area is 97.8 Å². The lowest BCUT2D eigenvalue weighted by molar-refractivity contribution is -0.137. The Kier molecular flexibility index (Phi) is 3.40. The van der Waals surface area contributed by atoms with E-state index in [2.05, 4.69) is 5.32 Å². The first-order chi connectivity index (χ1) is 8.02. The average molecular weight is 245 g/mol. The van der Waals surface area contributed by atoms with Crippen molar-refractivity contribution in [3.8, 4) is 0 Å². The normalized spacial score (nSPS) is 20.8. The molecule has 1 aromatic carbocycles. The third-order valence-electron chi connectivity index (χ3n) is 3.00. The van der Waals surface area contributed by atoms with Crippen LogP contribution in [0.25, 0.3) is 0 Å². The number of benzene rings is 1. The summed E-state index contributed by atoms with van der Waals surface area (Å²) in [6.07, 6.45) is -3.52. The lowest BCUT2D eigenvalue weighted by Crippen LogP contribution is -2.18. The molecule has 1 unspecified atom stereocenters. The minimum Gasteiger partial charge on any atom is -0.377 e. The van der Waals surface area contributed by atoms with Crippen LogP contribution in [-0.4, -0.2) is 13.7 Å². The fourth-order valence-electron chi connectivity index (χ4n) is 2.09. The molecule has 0 fully saturated rings. The van der Waals surface area contributed by atoms with Gasteiger partial charge >= 0.3 is 6.18 Å². The van der Waals surface area contributed by atoms with Crippen LogP contribution in [0.2, 0.25) is 0 Å². The molecule has 94 valence electrons. The maximum atomic E-state index is 12.6. The zero-order valence-electron chi connectivity index (χ0n) is 9.47. The Balaban J connectivity index is 2.41. The standard InChI is InChI=1S/C12H14F3NO/c1-16-11-4-5-17-7-8-6-9(12(13,14)15)2-3-10(8)11/h2-3,6,11,16H,4-5,7H2,1H3. The van der Waals surface area contributed by atoms with Gasteiger partial charge in [0.2, 0.25) is 0 Å². The van der Waals surface area contributed by atoms with Crippen LogP contribution in [0.15, 0.2) is 18.2 Å². The summed E-state index contributed by atoms with van der Waals surface area (Å²) in [5.41, 5.74) is 0.909. The van der Waals surface area contributed by atoms with E-state index in [4.69, 9.17) is 4.74 Å². The Morgan fingerprint density at radius 1 is 1.35 bits per heavy atom. The highest BCUT2D eigenvalue weighted by molar-refractivity contribution is 5.35. The Morgan fingerprint density at radius 3 is 2.76 bits per heavy atom. The molecule has 0 amide bonds. The zero-order valence-corrected chi connectivity index (χ0v) is 9.47. The molecule has 0 saturated heterocycles. The van der Waals surface area contributed by atoms with Gasteiger partial charge in [-0.05, 0) is 36.7 Å². The quantitative estimate of drug-likeness (QED) is 0.821. The van der Waals surface area contributed by atoms with Crippen molar-refractivity contribution in [2.24, 2.45) is 0 Å². The molecular weight excluding hydrogens is 231 g/mol. The van der Waals surface area contributed by atoms with Crippen LogP contribution in [-0.2, 0) is 17.5 Å². The summed E-state index contributed by atoms with van der Waals surface area (Å²) in [7, 11) is 1.80. The second kappa shape index (κ2) is 4.66. The molecule has 2 rings (SSSR count). The monoisotopic (exact) mass is 245 g/mol. The summed E-state index contributed by atoms with van der Waals surface area (Å²) < 4.78 is 43.1. The van der Waals surface area contributed by atoms with Crippen LogP contribution in [0.1, 0.15) is 29.2 Å². The van der Waals surface area contributed by atoms with Crippen LogP contribution in [0.5, 0.6) is 0 Å². The molecule has 5 heteroatoms. The number of rotatable bonds is 1. The van der Waals surface area contributed by atoms with Crippen molar-refractivity contribution in [3.63, 3.8) is 0 Å². The van der Waals surface area contributed by atoms with Crippen molar-refractivity contribution >= 4 is 0 Å². The second-order valence-corrected chi connectivity index (χ2v) is 4.09. The maximum absolute atomic E-state index is 12.6.